The Morgan fingerprint density at radius 1 is 1.28 bits per heavy atom. The molecule has 2 aromatic rings. The van der Waals surface area contributed by atoms with Crippen LogP contribution in [0.2, 0.25) is 5.02 Å². The van der Waals surface area contributed by atoms with Crippen LogP contribution >= 0.6 is 11.6 Å². The molecule has 0 spiro atoms. The number of rotatable bonds is 7. The van der Waals surface area contributed by atoms with Gasteiger partial charge in [0.1, 0.15) is 6.61 Å². The van der Waals surface area contributed by atoms with Crippen LogP contribution < -0.4 is 9.47 Å². The summed E-state index contributed by atoms with van der Waals surface area (Å²) in [5, 5.41) is 13.4. The van der Waals surface area contributed by atoms with E-state index in [1.807, 2.05) is 26.0 Å². The Bertz CT molecular complexity index is 798. The summed E-state index contributed by atoms with van der Waals surface area (Å²) >= 11 is 6.26. The van der Waals surface area contributed by atoms with E-state index < -0.39 is 0 Å². The summed E-state index contributed by atoms with van der Waals surface area (Å²) in [6, 6.07) is 12.8. The first-order valence-corrected chi connectivity index (χ1v) is 8.10. The molecule has 0 saturated carbocycles. The highest BCUT2D eigenvalue weighted by Gasteiger charge is 2.13. The molecule has 0 atom stereocenters. The number of ether oxygens (including phenoxy) is 2. The number of benzene rings is 2. The van der Waals surface area contributed by atoms with Crippen molar-refractivity contribution >= 4 is 17.8 Å². The standard InChI is InChI=1S/C19H19ClN2O3/c1-13(2)25-19-17(20)8-14(9-18(19)23-3)11-22-24-12-16-7-5-4-6-15(16)10-21/h4-9,11,13H,12H2,1-3H3/b22-11-. The van der Waals surface area contributed by atoms with Gasteiger partial charge in [-0.2, -0.15) is 5.26 Å². The topological polar surface area (TPSA) is 63.8 Å². The first kappa shape index (κ1) is 18.6. The van der Waals surface area contributed by atoms with Gasteiger partial charge in [-0.25, -0.2) is 0 Å². The smallest absolute Gasteiger partial charge is 0.180 e. The van der Waals surface area contributed by atoms with Crippen molar-refractivity contribution in [2.24, 2.45) is 5.16 Å². The highest BCUT2D eigenvalue weighted by Crippen LogP contribution is 2.36. The largest absolute Gasteiger partial charge is 0.493 e. The zero-order chi connectivity index (χ0) is 18.2. The molecule has 6 heteroatoms. The number of oxime groups is 1. The summed E-state index contributed by atoms with van der Waals surface area (Å²) in [5.41, 5.74) is 2.06. The first-order chi connectivity index (χ1) is 12.0. The van der Waals surface area contributed by atoms with Crippen molar-refractivity contribution in [1.29, 1.82) is 5.26 Å². The third kappa shape index (κ3) is 5.13. The highest BCUT2D eigenvalue weighted by atomic mass is 35.5. The molecule has 0 heterocycles. The highest BCUT2D eigenvalue weighted by molar-refractivity contribution is 6.32. The minimum absolute atomic E-state index is 0.0190. The molecular formula is C19H19ClN2O3. The molecule has 0 aliphatic heterocycles. The molecule has 130 valence electrons. The zero-order valence-corrected chi connectivity index (χ0v) is 15.1. The van der Waals surface area contributed by atoms with E-state index in [1.165, 1.54) is 6.21 Å². The number of hydrogen-bond donors (Lipinski definition) is 0. The van der Waals surface area contributed by atoms with Gasteiger partial charge in [0.15, 0.2) is 11.5 Å². The number of nitriles is 1. The second-order valence-corrected chi connectivity index (χ2v) is 5.88. The van der Waals surface area contributed by atoms with Gasteiger partial charge in [-0.3, -0.25) is 0 Å². The molecule has 0 bridgehead atoms. The van der Waals surface area contributed by atoms with E-state index in [0.29, 0.717) is 27.6 Å². The van der Waals surface area contributed by atoms with Crippen LogP contribution in [0.25, 0.3) is 0 Å². The molecule has 2 rings (SSSR count). The molecule has 0 unspecified atom stereocenters. The number of halogens is 1. The fraction of sp³-hybridized carbons (Fsp3) is 0.263. The van der Waals surface area contributed by atoms with Crippen LogP contribution in [-0.4, -0.2) is 19.4 Å². The molecular weight excluding hydrogens is 340 g/mol. The first-order valence-electron chi connectivity index (χ1n) is 7.72. The van der Waals surface area contributed by atoms with E-state index in [4.69, 9.17) is 31.2 Å². The van der Waals surface area contributed by atoms with Gasteiger partial charge >= 0.3 is 0 Å². The lowest BCUT2D eigenvalue weighted by molar-refractivity contribution is 0.132. The van der Waals surface area contributed by atoms with Gasteiger partial charge in [-0.05, 0) is 32.0 Å². The molecule has 0 aliphatic rings. The van der Waals surface area contributed by atoms with E-state index >= 15 is 0 Å². The lowest BCUT2D eigenvalue weighted by Gasteiger charge is -2.15. The summed E-state index contributed by atoms with van der Waals surface area (Å²) in [4.78, 5) is 5.28. The molecule has 0 saturated heterocycles. The van der Waals surface area contributed by atoms with Crippen LogP contribution in [0.3, 0.4) is 0 Å². The Morgan fingerprint density at radius 3 is 2.72 bits per heavy atom. The van der Waals surface area contributed by atoms with Crippen molar-refractivity contribution in [3.05, 3.63) is 58.1 Å². The van der Waals surface area contributed by atoms with E-state index in [2.05, 4.69) is 11.2 Å². The van der Waals surface area contributed by atoms with Gasteiger partial charge in [-0.15, -0.1) is 0 Å². The van der Waals surface area contributed by atoms with Crippen LogP contribution in [-0.2, 0) is 11.4 Å². The minimum Gasteiger partial charge on any atom is -0.493 e. The fourth-order valence-electron chi connectivity index (χ4n) is 2.12. The summed E-state index contributed by atoms with van der Waals surface area (Å²) in [6.45, 7) is 4.04. The molecule has 0 N–H and O–H groups in total. The van der Waals surface area contributed by atoms with Gasteiger partial charge < -0.3 is 14.3 Å². The van der Waals surface area contributed by atoms with Gasteiger partial charge in [-0.1, -0.05) is 35.0 Å². The summed E-state index contributed by atoms with van der Waals surface area (Å²) in [7, 11) is 1.55. The maximum absolute atomic E-state index is 9.05. The van der Waals surface area contributed by atoms with Crippen LogP contribution in [0, 0.1) is 11.3 Å². The maximum Gasteiger partial charge on any atom is 0.180 e. The second kappa shape index (κ2) is 8.95. The second-order valence-electron chi connectivity index (χ2n) is 5.48. The Labute approximate surface area is 152 Å². The van der Waals surface area contributed by atoms with Crippen molar-refractivity contribution in [2.75, 3.05) is 7.11 Å². The molecule has 0 radical (unpaired) electrons. The Hall–Kier alpha value is -2.71. The SMILES string of the molecule is COc1cc(/C=N\OCc2ccccc2C#N)cc(Cl)c1OC(C)C. The predicted molar refractivity (Wildman–Crippen MR) is 97.3 cm³/mol. The van der Waals surface area contributed by atoms with Crippen LogP contribution in [0.1, 0.15) is 30.5 Å². The quantitative estimate of drug-likeness (QED) is 0.537. The average molecular weight is 359 g/mol. The van der Waals surface area contributed by atoms with E-state index in [-0.39, 0.29) is 12.7 Å². The Kier molecular flexibility index (Phi) is 6.67. The van der Waals surface area contributed by atoms with E-state index in [9.17, 15) is 0 Å². The summed E-state index contributed by atoms with van der Waals surface area (Å²) in [6.07, 6.45) is 1.51. The molecule has 25 heavy (non-hydrogen) atoms. The van der Waals surface area contributed by atoms with Crippen molar-refractivity contribution < 1.29 is 14.3 Å². The van der Waals surface area contributed by atoms with Crippen LogP contribution in [0.5, 0.6) is 11.5 Å². The summed E-state index contributed by atoms with van der Waals surface area (Å²) < 4.78 is 11.0. The molecule has 0 amide bonds. The number of nitrogens with zero attached hydrogens (tertiary/aromatic N) is 2. The van der Waals surface area contributed by atoms with E-state index in [1.54, 1.807) is 31.4 Å². The number of methoxy groups -OCH3 is 1. The maximum atomic E-state index is 9.05. The van der Waals surface area contributed by atoms with Crippen molar-refractivity contribution in [3.8, 4) is 17.6 Å². The van der Waals surface area contributed by atoms with Crippen molar-refractivity contribution in [1.82, 2.24) is 0 Å². The molecule has 2 aromatic carbocycles. The number of hydrogen-bond acceptors (Lipinski definition) is 5. The van der Waals surface area contributed by atoms with Crippen molar-refractivity contribution in [3.63, 3.8) is 0 Å². The third-order valence-electron chi connectivity index (χ3n) is 3.24. The Morgan fingerprint density at radius 2 is 2.04 bits per heavy atom. The van der Waals surface area contributed by atoms with Gasteiger partial charge in [0.05, 0.1) is 36.1 Å². The average Bonchev–Trinajstić information content (AvgIpc) is 2.60. The molecule has 0 fully saturated rings. The van der Waals surface area contributed by atoms with Gasteiger partial charge in [0.25, 0.3) is 0 Å². The van der Waals surface area contributed by atoms with Crippen molar-refractivity contribution in [2.45, 2.75) is 26.6 Å². The Balaban J connectivity index is 2.08. The summed E-state index contributed by atoms with van der Waals surface area (Å²) in [5.74, 6) is 1.03. The van der Waals surface area contributed by atoms with Gasteiger partial charge in [0.2, 0.25) is 0 Å². The monoisotopic (exact) mass is 358 g/mol. The third-order valence-corrected chi connectivity index (χ3v) is 3.52. The normalized spacial score (nSPS) is 10.7. The van der Waals surface area contributed by atoms with Crippen LogP contribution in [0.4, 0.5) is 0 Å². The predicted octanol–water partition coefficient (Wildman–Crippen LogP) is 4.56. The lowest BCUT2D eigenvalue weighted by Crippen LogP contribution is -2.07. The van der Waals surface area contributed by atoms with Crippen LogP contribution in [0.15, 0.2) is 41.6 Å². The fourth-order valence-corrected chi connectivity index (χ4v) is 2.39. The molecule has 5 nitrogen and oxygen atoms in total. The molecule has 0 aromatic heterocycles. The lowest BCUT2D eigenvalue weighted by atomic mass is 10.1. The zero-order valence-electron chi connectivity index (χ0n) is 14.3. The minimum atomic E-state index is -0.0190. The van der Waals surface area contributed by atoms with Gasteiger partial charge in [0, 0.05) is 11.1 Å². The van der Waals surface area contributed by atoms with E-state index in [0.717, 1.165) is 5.56 Å². The molecule has 0 aliphatic carbocycles.